The van der Waals surface area contributed by atoms with Crippen molar-refractivity contribution in [3.05, 3.63) is 0 Å². The predicted molar refractivity (Wildman–Crippen MR) is 32.2 cm³/mol. The summed E-state index contributed by atoms with van der Waals surface area (Å²) in [7, 11) is 3.94. The van der Waals surface area contributed by atoms with Crippen molar-refractivity contribution in [2.24, 2.45) is 0 Å². The molecule has 0 amide bonds. The number of likely N-dealkylation sites (N-methyl/N-ethyl adjacent to an activating group) is 1. The van der Waals surface area contributed by atoms with Crippen LogP contribution in [0.5, 0.6) is 0 Å². The first-order valence-electron chi connectivity index (χ1n) is 2.54. The van der Waals surface area contributed by atoms with Crippen LogP contribution >= 0.6 is 0 Å². The highest BCUT2D eigenvalue weighted by molar-refractivity contribution is 4.64. The minimum absolute atomic E-state index is 0.740. The van der Waals surface area contributed by atoms with E-state index in [9.17, 15) is 0 Å². The van der Waals surface area contributed by atoms with Crippen LogP contribution in [0.3, 0.4) is 0 Å². The van der Waals surface area contributed by atoms with Gasteiger partial charge in [-0.15, -0.1) is 0 Å². The molecule has 8 heavy (non-hydrogen) atoms. The molecule has 0 fully saturated rings. The Bertz CT molecular complexity index is 82.2. The third-order valence-electron chi connectivity index (χ3n) is 0.763. The van der Waals surface area contributed by atoms with Crippen LogP contribution in [0.15, 0.2) is 0 Å². The van der Waals surface area contributed by atoms with Crippen LogP contribution < -0.4 is 5.32 Å². The summed E-state index contributed by atoms with van der Waals surface area (Å²) in [5.74, 6) is 0. The SMILES string of the molecule is CN(C)CCNC#N. The molecule has 0 rings (SSSR count). The molecule has 3 heteroatoms. The molecule has 0 spiro atoms. The molecule has 0 atom stereocenters. The lowest BCUT2D eigenvalue weighted by Crippen LogP contribution is -2.23. The monoisotopic (exact) mass is 113 g/mol. The van der Waals surface area contributed by atoms with Gasteiger partial charge in [-0.05, 0) is 14.1 Å². The number of nitrogens with zero attached hydrogens (tertiary/aromatic N) is 2. The van der Waals surface area contributed by atoms with Crippen molar-refractivity contribution < 1.29 is 0 Å². The molecular formula is C5H11N3. The summed E-state index contributed by atoms with van der Waals surface area (Å²) in [6.07, 6.45) is 1.85. The van der Waals surface area contributed by atoms with Gasteiger partial charge in [0.25, 0.3) is 0 Å². The molecule has 0 aliphatic rings. The highest BCUT2D eigenvalue weighted by Gasteiger charge is 1.84. The molecule has 0 unspecified atom stereocenters. The second-order valence-electron chi connectivity index (χ2n) is 1.84. The lowest BCUT2D eigenvalue weighted by Gasteiger charge is -2.06. The quantitative estimate of drug-likeness (QED) is 0.308. The Morgan fingerprint density at radius 1 is 1.62 bits per heavy atom. The van der Waals surface area contributed by atoms with Crippen molar-refractivity contribution in [1.29, 1.82) is 5.26 Å². The molecule has 0 aromatic heterocycles. The number of hydrogen-bond acceptors (Lipinski definition) is 3. The first kappa shape index (κ1) is 7.25. The van der Waals surface area contributed by atoms with Crippen LogP contribution in [0.4, 0.5) is 0 Å². The Labute approximate surface area is 49.9 Å². The zero-order valence-corrected chi connectivity index (χ0v) is 5.31. The smallest absolute Gasteiger partial charge is 0.176 e. The summed E-state index contributed by atoms with van der Waals surface area (Å²) >= 11 is 0. The summed E-state index contributed by atoms with van der Waals surface area (Å²) in [6, 6.07) is 0. The second kappa shape index (κ2) is 4.41. The molecule has 1 N–H and O–H groups in total. The molecule has 46 valence electrons. The summed E-state index contributed by atoms with van der Waals surface area (Å²) in [5.41, 5.74) is 0. The van der Waals surface area contributed by atoms with E-state index >= 15 is 0 Å². The van der Waals surface area contributed by atoms with Gasteiger partial charge in [0.05, 0.1) is 0 Å². The third-order valence-corrected chi connectivity index (χ3v) is 0.763. The topological polar surface area (TPSA) is 39.1 Å². The van der Waals surface area contributed by atoms with Crippen LogP contribution in [0.25, 0.3) is 0 Å². The van der Waals surface area contributed by atoms with E-state index in [1.54, 1.807) is 0 Å². The Morgan fingerprint density at radius 2 is 2.25 bits per heavy atom. The maximum absolute atomic E-state index is 8.00. The van der Waals surface area contributed by atoms with Crippen molar-refractivity contribution in [3.8, 4) is 6.19 Å². The molecule has 0 radical (unpaired) electrons. The average Bonchev–Trinajstić information content (AvgIpc) is 1.66. The van der Waals surface area contributed by atoms with Crippen LogP contribution in [-0.4, -0.2) is 32.1 Å². The van der Waals surface area contributed by atoms with Crippen molar-refractivity contribution in [1.82, 2.24) is 10.2 Å². The van der Waals surface area contributed by atoms with Gasteiger partial charge in [-0.1, -0.05) is 0 Å². The minimum Gasteiger partial charge on any atom is -0.323 e. The summed E-state index contributed by atoms with van der Waals surface area (Å²) in [5, 5.41) is 10.5. The Morgan fingerprint density at radius 3 is 2.62 bits per heavy atom. The molecule has 0 aromatic carbocycles. The van der Waals surface area contributed by atoms with Gasteiger partial charge < -0.3 is 10.2 Å². The Hall–Kier alpha value is -0.750. The van der Waals surface area contributed by atoms with Gasteiger partial charge in [-0.25, -0.2) is 0 Å². The molecule has 0 bridgehead atoms. The molecule has 0 aliphatic heterocycles. The lowest BCUT2D eigenvalue weighted by molar-refractivity contribution is 0.411. The highest BCUT2D eigenvalue weighted by Crippen LogP contribution is 1.67. The highest BCUT2D eigenvalue weighted by atomic mass is 15.1. The average molecular weight is 113 g/mol. The van der Waals surface area contributed by atoms with E-state index in [1.165, 1.54) is 0 Å². The van der Waals surface area contributed by atoms with Crippen LogP contribution in [-0.2, 0) is 0 Å². The third kappa shape index (κ3) is 5.25. The van der Waals surface area contributed by atoms with E-state index in [-0.39, 0.29) is 0 Å². The Kier molecular flexibility index (Phi) is 4.00. The van der Waals surface area contributed by atoms with Crippen molar-refractivity contribution >= 4 is 0 Å². The number of nitriles is 1. The molecule has 0 aliphatic carbocycles. The van der Waals surface area contributed by atoms with Gasteiger partial charge in [0.1, 0.15) is 0 Å². The van der Waals surface area contributed by atoms with Gasteiger partial charge in [0, 0.05) is 13.1 Å². The van der Waals surface area contributed by atoms with E-state index in [2.05, 4.69) is 5.32 Å². The maximum Gasteiger partial charge on any atom is 0.176 e. The standard InChI is InChI=1S/C5H11N3/c1-8(2)4-3-7-5-6/h7H,3-4H2,1-2H3. The first-order valence-corrected chi connectivity index (χ1v) is 2.54. The van der Waals surface area contributed by atoms with Gasteiger partial charge in [-0.3, -0.25) is 0 Å². The van der Waals surface area contributed by atoms with Crippen LogP contribution in [0.2, 0.25) is 0 Å². The summed E-state index contributed by atoms with van der Waals surface area (Å²) in [4.78, 5) is 2.02. The zero-order valence-electron chi connectivity index (χ0n) is 5.31. The Balaban J connectivity index is 2.85. The molecule has 0 saturated carbocycles. The fourth-order valence-electron chi connectivity index (χ4n) is 0.335. The molecule has 3 nitrogen and oxygen atoms in total. The normalized spacial score (nSPS) is 8.75. The molecule has 0 aromatic rings. The van der Waals surface area contributed by atoms with Crippen LogP contribution in [0.1, 0.15) is 0 Å². The second-order valence-corrected chi connectivity index (χ2v) is 1.84. The van der Waals surface area contributed by atoms with Crippen molar-refractivity contribution in [2.75, 3.05) is 27.2 Å². The summed E-state index contributed by atoms with van der Waals surface area (Å²) < 4.78 is 0. The van der Waals surface area contributed by atoms with E-state index in [1.807, 2.05) is 25.2 Å². The van der Waals surface area contributed by atoms with Crippen molar-refractivity contribution in [2.45, 2.75) is 0 Å². The minimum atomic E-state index is 0.740. The van der Waals surface area contributed by atoms with Gasteiger partial charge in [0.2, 0.25) is 0 Å². The lowest BCUT2D eigenvalue weighted by atomic mass is 10.6. The largest absolute Gasteiger partial charge is 0.323 e. The molecule has 0 saturated heterocycles. The fourth-order valence-corrected chi connectivity index (χ4v) is 0.335. The van der Waals surface area contributed by atoms with Gasteiger partial charge >= 0.3 is 0 Å². The predicted octanol–water partition coefficient (Wildman–Crippen LogP) is -0.381. The molecule has 0 heterocycles. The number of nitrogens with one attached hydrogen (secondary N) is 1. The summed E-state index contributed by atoms with van der Waals surface area (Å²) in [6.45, 7) is 1.65. The number of rotatable bonds is 3. The number of hydrogen-bond donors (Lipinski definition) is 1. The van der Waals surface area contributed by atoms with Gasteiger partial charge in [0.15, 0.2) is 6.19 Å². The maximum atomic E-state index is 8.00. The van der Waals surface area contributed by atoms with E-state index in [0.717, 1.165) is 13.1 Å². The first-order chi connectivity index (χ1) is 3.77. The van der Waals surface area contributed by atoms with Gasteiger partial charge in [-0.2, -0.15) is 5.26 Å². The fraction of sp³-hybridized carbons (Fsp3) is 0.800. The molecular weight excluding hydrogens is 102 g/mol. The zero-order chi connectivity index (χ0) is 6.41. The van der Waals surface area contributed by atoms with Crippen molar-refractivity contribution in [3.63, 3.8) is 0 Å². The van der Waals surface area contributed by atoms with E-state index in [0.29, 0.717) is 0 Å². The van der Waals surface area contributed by atoms with E-state index < -0.39 is 0 Å². The van der Waals surface area contributed by atoms with Crippen LogP contribution in [0, 0.1) is 11.5 Å². The van der Waals surface area contributed by atoms with E-state index in [4.69, 9.17) is 5.26 Å².